The minimum Gasteiger partial charge on any atom is -0.354 e. The molecule has 11 heavy (non-hydrogen) atoms. The third kappa shape index (κ3) is 2.74. The molecule has 0 aromatic heterocycles. The molecule has 0 amide bonds. The molecule has 1 rings (SSSR count). The van der Waals surface area contributed by atoms with E-state index in [1.165, 1.54) is 0 Å². The highest BCUT2D eigenvalue weighted by Gasteiger charge is 2.12. The zero-order chi connectivity index (χ0) is 8.27. The van der Waals surface area contributed by atoms with E-state index < -0.39 is 6.17 Å². The summed E-state index contributed by atoms with van der Waals surface area (Å²) in [6, 6.07) is 0.345. The molecule has 0 fully saturated rings. The molecule has 2 N–H and O–H groups in total. The predicted octanol–water partition coefficient (Wildman–Crippen LogP) is 0.282. The predicted molar refractivity (Wildman–Crippen MR) is 43.5 cm³/mol. The van der Waals surface area contributed by atoms with Crippen LogP contribution in [0.1, 0.15) is 13.8 Å². The summed E-state index contributed by atoms with van der Waals surface area (Å²) in [5.74, 6) is 0.717. The summed E-state index contributed by atoms with van der Waals surface area (Å²) < 4.78 is 12.5. The molecule has 0 aromatic rings. The van der Waals surface area contributed by atoms with Crippen molar-refractivity contribution in [2.75, 3.05) is 13.1 Å². The lowest BCUT2D eigenvalue weighted by molar-refractivity contribution is 0.329. The van der Waals surface area contributed by atoms with E-state index in [0.717, 1.165) is 0 Å². The number of guanidine groups is 1. The SMILES string of the molecule is CC(C)NC1=NCC(F)CN1. The van der Waals surface area contributed by atoms with Gasteiger partial charge in [-0.1, -0.05) is 0 Å². The number of halogens is 1. The topological polar surface area (TPSA) is 36.4 Å². The Kier molecular flexibility index (Phi) is 2.68. The second-order valence-electron chi connectivity index (χ2n) is 2.97. The molecule has 1 atom stereocenters. The molecule has 0 aromatic carbocycles. The van der Waals surface area contributed by atoms with E-state index in [1.54, 1.807) is 0 Å². The molecule has 1 aliphatic heterocycles. The highest BCUT2D eigenvalue weighted by molar-refractivity contribution is 5.80. The van der Waals surface area contributed by atoms with E-state index in [9.17, 15) is 4.39 Å². The molecule has 0 spiro atoms. The van der Waals surface area contributed by atoms with E-state index in [1.807, 2.05) is 13.8 Å². The molecule has 0 saturated heterocycles. The van der Waals surface area contributed by atoms with Gasteiger partial charge in [-0.2, -0.15) is 0 Å². The summed E-state index contributed by atoms with van der Waals surface area (Å²) in [6.07, 6.45) is -0.826. The van der Waals surface area contributed by atoms with Gasteiger partial charge in [0, 0.05) is 6.04 Å². The van der Waals surface area contributed by atoms with Gasteiger partial charge in [-0.25, -0.2) is 4.39 Å². The molecule has 1 unspecified atom stereocenters. The zero-order valence-electron chi connectivity index (χ0n) is 6.89. The van der Waals surface area contributed by atoms with Gasteiger partial charge in [-0.3, -0.25) is 4.99 Å². The number of nitrogens with zero attached hydrogens (tertiary/aromatic N) is 1. The lowest BCUT2D eigenvalue weighted by Gasteiger charge is -2.20. The highest BCUT2D eigenvalue weighted by atomic mass is 19.1. The fourth-order valence-corrected chi connectivity index (χ4v) is 0.888. The molecule has 4 heteroatoms. The Bertz CT molecular complexity index is 156. The van der Waals surface area contributed by atoms with Gasteiger partial charge in [0.05, 0.1) is 13.1 Å². The van der Waals surface area contributed by atoms with Crippen molar-refractivity contribution in [2.24, 2.45) is 4.99 Å². The van der Waals surface area contributed by atoms with Gasteiger partial charge in [0.15, 0.2) is 5.96 Å². The lowest BCUT2D eigenvalue weighted by Crippen LogP contribution is -2.47. The molecular formula is C7H14FN3. The first-order valence-corrected chi connectivity index (χ1v) is 3.87. The maximum absolute atomic E-state index is 12.5. The van der Waals surface area contributed by atoms with Gasteiger partial charge in [0.1, 0.15) is 6.17 Å². The van der Waals surface area contributed by atoms with Gasteiger partial charge >= 0.3 is 0 Å². The fourth-order valence-electron chi connectivity index (χ4n) is 0.888. The Morgan fingerprint density at radius 1 is 1.73 bits per heavy atom. The summed E-state index contributed by atoms with van der Waals surface area (Å²) in [4.78, 5) is 3.97. The minimum atomic E-state index is -0.826. The van der Waals surface area contributed by atoms with Crippen molar-refractivity contribution < 1.29 is 4.39 Å². The molecule has 0 saturated carbocycles. The van der Waals surface area contributed by atoms with Crippen molar-refractivity contribution in [3.63, 3.8) is 0 Å². The molecule has 0 radical (unpaired) electrons. The second kappa shape index (κ2) is 3.55. The Labute approximate surface area is 66.1 Å². The van der Waals surface area contributed by atoms with Crippen LogP contribution in [-0.2, 0) is 0 Å². The monoisotopic (exact) mass is 159 g/mol. The molecular weight excluding hydrogens is 145 g/mol. The van der Waals surface area contributed by atoms with Crippen molar-refractivity contribution in [3.05, 3.63) is 0 Å². The number of nitrogens with one attached hydrogen (secondary N) is 2. The van der Waals surface area contributed by atoms with Crippen LogP contribution in [0.3, 0.4) is 0 Å². The minimum absolute atomic E-state index is 0.280. The summed E-state index contributed by atoms with van der Waals surface area (Å²) in [7, 11) is 0. The smallest absolute Gasteiger partial charge is 0.191 e. The summed E-state index contributed by atoms with van der Waals surface area (Å²) >= 11 is 0. The Balaban J connectivity index is 2.35. The summed E-state index contributed by atoms with van der Waals surface area (Å²) in [6.45, 7) is 4.69. The van der Waals surface area contributed by atoms with Crippen LogP contribution in [0.15, 0.2) is 4.99 Å². The van der Waals surface area contributed by atoms with Crippen molar-refractivity contribution in [3.8, 4) is 0 Å². The van der Waals surface area contributed by atoms with E-state index in [-0.39, 0.29) is 6.54 Å². The van der Waals surface area contributed by atoms with Crippen LogP contribution in [0.2, 0.25) is 0 Å². The number of hydrogen-bond acceptors (Lipinski definition) is 3. The number of aliphatic imine (C=N–C) groups is 1. The maximum Gasteiger partial charge on any atom is 0.191 e. The van der Waals surface area contributed by atoms with Crippen molar-refractivity contribution in [1.82, 2.24) is 10.6 Å². The standard InChI is InChI=1S/C7H14FN3/c1-5(2)11-7-9-3-6(8)4-10-7/h5-6H,3-4H2,1-2H3,(H2,9,10,11). The highest BCUT2D eigenvalue weighted by Crippen LogP contribution is 1.95. The van der Waals surface area contributed by atoms with E-state index >= 15 is 0 Å². The van der Waals surface area contributed by atoms with E-state index in [2.05, 4.69) is 15.6 Å². The normalized spacial score (nSPS) is 24.4. The van der Waals surface area contributed by atoms with Crippen LogP contribution in [-0.4, -0.2) is 31.3 Å². The third-order valence-corrected chi connectivity index (χ3v) is 1.36. The number of rotatable bonds is 1. The maximum atomic E-state index is 12.5. The summed E-state index contributed by atoms with van der Waals surface area (Å²) in [5, 5.41) is 5.94. The number of alkyl halides is 1. The van der Waals surface area contributed by atoms with Crippen LogP contribution >= 0.6 is 0 Å². The molecule has 1 heterocycles. The van der Waals surface area contributed by atoms with Gasteiger partial charge in [0.2, 0.25) is 0 Å². The van der Waals surface area contributed by atoms with Gasteiger partial charge < -0.3 is 10.6 Å². The molecule has 0 aliphatic carbocycles. The van der Waals surface area contributed by atoms with E-state index in [0.29, 0.717) is 18.5 Å². The van der Waals surface area contributed by atoms with Crippen LogP contribution in [0.4, 0.5) is 4.39 Å². The molecule has 0 bridgehead atoms. The third-order valence-electron chi connectivity index (χ3n) is 1.36. The Hall–Kier alpha value is -0.800. The first-order valence-electron chi connectivity index (χ1n) is 3.87. The second-order valence-corrected chi connectivity index (χ2v) is 2.97. The number of hydrogen-bond donors (Lipinski definition) is 2. The Morgan fingerprint density at radius 3 is 2.91 bits per heavy atom. The van der Waals surface area contributed by atoms with Crippen LogP contribution in [0.25, 0.3) is 0 Å². The lowest BCUT2D eigenvalue weighted by atomic mass is 10.3. The first kappa shape index (κ1) is 8.30. The quantitative estimate of drug-likeness (QED) is 0.576. The van der Waals surface area contributed by atoms with Crippen molar-refractivity contribution in [1.29, 1.82) is 0 Å². The Morgan fingerprint density at radius 2 is 2.45 bits per heavy atom. The van der Waals surface area contributed by atoms with Gasteiger partial charge in [-0.15, -0.1) is 0 Å². The molecule has 64 valence electrons. The largest absolute Gasteiger partial charge is 0.354 e. The van der Waals surface area contributed by atoms with Crippen LogP contribution < -0.4 is 10.6 Å². The average Bonchev–Trinajstić information content (AvgIpc) is 1.93. The van der Waals surface area contributed by atoms with E-state index in [4.69, 9.17) is 0 Å². The summed E-state index contributed by atoms with van der Waals surface area (Å²) in [5.41, 5.74) is 0. The van der Waals surface area contributed by atoms with Crippen LogP contribution in [0.5, 0.6) is 0 Å². The average molecular weight is 159 g/mol. The van der Waals surface area contributed by atoms with Crippen molar-refractivity contribution in [2.45, 2.75) is 26.1 Å². The van der Waals surface area contributed by atoms with Gasteiger partial charge in [-0.05, 0) is 13.8 Å². The molecule has 1 aliphatic rings. The zero-order valence-corrected chi connectivity index (χ0v) is 6.89. The fraction of sp³-hybridized carbons (Fsp3) is 0.857. The van der Waals surface area contributed by atoms with Gasteiger partial charge in [0.25, 0.3) is 0 Å². The van der Waals surface area contributed by atoms with Crippen LogP contribution in [0, 0.1) is 0 Å². The molecule has 3 nitrogen and oxygen atoms in total. The first-order chi connectivity index (χ1) is 5.18. The van der Waals surface area contributed by atoms with Crippen molar-refractivity contribution >= 4 is 5.96 Å².